The number of nitrogens with zero attached hydrogens (tertiary/aromatic N) is 1. The molecule has 1 nitrogen and oxygen atoms in total. The van der Waals surface area contributed by atoms with E-state index in [1.807, 2.05) is 12.1 Å². The molecular weight excluding hydrogens is 314 g/mol. The van der Waals surface area contributed by atoms with Crippen LogP contribution >= 0.6 is 11.6 Å². The highest BCUT2D eigenvalue weighted by Crippen LogP contribution is 2.29. The molecule has 0 saturated carbocycles. The molecule has 1 atom stereocenters. The van der Waals surface area contributed by atoms with Gasteiger partial charge in [-0.15, -0.1) is 0 Å². The maximum absolute atomic E-state index is 6.03. The van der Waals surface area contributed by atoms with Gasteiger partial charge in [-0.05, 0) is 56.4 Å². The third-order valence-electron chi connectivity index (χ3n) is 4.58. The van der Waals surface area contributed by atoms with E-state index in [0.717, 1.165) is 34.7 Å². The molecule has 24 heavy (non-hydrogen) atoms. The van der Waals surface area contributed by atoms with Crippen LogP contribution in [0.15, 0.2) is 52.7 Å². The van der Waals surface area contributed by atoms with Crippen molar-refractivity contribution >= 4 is 17.3 Å². The Morgan fingerprint density at radius 1 is 1.12 bits per heavy atom. The van der Waals surface area contributed by atoms with Gasteiger partial charge in [0.2, 0.25) is 0 Å². The van der Waals surface area contributed by atoms with Gasteiger partial charge in [0, 0.05) is 22.3 Å². The van der Waals surface area contributed by atoms with Crippen LogP contribution < -0.4 is 0 Å². The normalized spacial score (nSPS) is 14.3. The second-order valence-electron chi connectivity index (χ2n) is 6.46. The monoisotopic (exact) mass is 345 g/mol. The van der Waals surface area contributed by atoms with Gasteiger partial charge in [0.25, 0.3) is 0 Å². The first-order valence-electron chi connectivity index (χ1n) is 9.14. The van der Waals surface area contributed by atoms with E-state index in [2.05, 4.69) is 53.3 Å². The highest BCUT2D eigenvalue weighted by atomic mass is 35.5. The third kappa shape index (κ3) is 5.94. The number of allylic oxidation sites excluding steroid dienone is 3. The second-order valence-corrected chi connectivity index (χ2v) is 6.89. The number of benzene rings is 1. The average Bonchev–Trinajstić information content (AvgIpc) is 2.58. The van der Waals surface area contributed by atoms with Crippen molar-refractivity contribution in [3.05, 3.63) is 58.3 Å². The fourth-order valence-electron chi connectivity index (χ4n) is 2.82. The van der Waals surface area contributed by atoms with Gasteiger partial charge in [-0.3, -0.25) is 4.99 Å². The highest BCUT2D eigenvalue weighted by molar-refractivity contribution is 6.30. The van der Waals surface area contributed by atoms with Gasteiger partial charge in [-0.25, -0.2) is 0 Å². The lowest BCUT2D eigenvalue weighted by Gasteiger charge is -2.20. The first-order chi connectivity index (χ1) is 11.4. The summed E-state index contributed by atoms with van der Waals surface area (Å²) in [5.41, 5.74) is 5.83. The van der Waals surface area contributed by atoms with Crippen molar-refractivity contribution in [1.29, 1.82) is 0 Å². The molecule has 132 valence electrons. The van der Waals surface area contributed by atoms with E-state index in [-0.39, 0.29) is 0 Å². The van der Waals surface area contributed by atoms with Gasteiger partial charge < -0.3 is 0 Å². The van der Waals surface area contributed by atoms with Gasteiger partial charge in [0.1, 0.15) is 0 Å². The van der Waals surface area contributed by atoms with E-state index >= 15 is 0 Å². The van der Waals surface area contributed by atoms with Gasteiger partial charge in [0.15, 0.2) is 0 Å². The molecule has 1 rings (SSSR count). The zero-order chi connectivity index (χ0) is 18.1. The lowest BCUT2D eigenvalue weighted by atomic mass is 9.91. The quantitative estimate of drug-likeness (QED) is 0.322. The SMILES string of the molecule is C=C(C)/C(C)=C(\N=C(CC)c1ccc(Cl)cc1)C(CC)CCCC. The Morgan fingerprint density at radius 2 is 1.75 bits per heavy atom. The molecule has 0 saturated heterocycles. The Labute approximate surface area is 153 Å². The minimum atomic E-state index is 0.496. The second kappa shape index (κ2) is 10.5. The summed E-state index contributed by atoms with van der Waals surface area (Å²) in [6.45, 7) is 15.0. The summed E-state index contributed by atoms with van der Waals surface area (Å²) >= 11 is 6.03. The van der Waals surface area contributed by atoms with Crippen LogP contribution in [0.1, 0.15) is 72.3 Å². The molecule has 0 aromatic heterocycles. The van der Waals surface area contributed by atoms with Crippen molar-refractivity contribution in [1.82, 2.24) is 0 Å². The van der Waals surface area contributed by atoms with Crippen molar-refractivity contribution in [2.45, 2.75) is 66.7 Å². The standard InChI is InChI=1S/C22H32ClN/c1-7-10-11-18(8-2)22(17(6)16(4)5)24-21(9-3)19-12-14-20(23)15-13-19/h12-15,18H,4,7-11H2,1-3,5-6H3/b22-17-,24-21?. The number of hydrogen-bond donors (Lipinski definition) is 0. The molecule has 0 aliphatic carbocycles. The average molecular weight is 346 g/mol. The molecular formula is C22H32ClN. The van der Waals surface area contributed by atoms with Crippen LogP contribution in [0.3, 0.4) is 0 Å². The molecule has 0 bridgehead atoms. The van der Waals surface area contributed by atoms with E-state index in [9.17, 15) is 0 Å². The van der Waals surface area contributed by atoms with E-state index in [1.54, 1.807) is 0 Å². The summed E-state index contributed by atoms with van der Waals surface area (Å²) < 4.78 is 0. The molecule has 0 aliphatic rings. The minimum absolute atomic E-state index is 0.496. The number of halogens is 1. The Morgan fingerprint density at radius 3 is 2.21 bits per heavy atom. The van der Waals surface area contributed by atoms with Gasteiger partial charge in [-0.1, -0.05) is 69.5 Å². The molecule has 1 unspecified atom stereocenters. The van der Waals surface area contributed by atoms with Crippen molar-refractivity contribution in [2.75, 3.05) is 0 Å². The summed E-state index contributed by atoms with van der Waals surface area (Å²) in [6, 6.07) is 7.99. The summed E-state index contributed by atoms with van der Waals surface area (Å²) in [7, 11) is 0. The van der Waals surface area contributed by atoms with E-state index < -0.39 is 0 Å². The molecule has 1 aromatic rings. The summed E-state index contributed by atoms with van der Waals surface area (Å²) in [5, 5.41) is 0.762. The summed E-state index contributed by atoms with van der Waals surface area (Å²) in [6.07, 6.45) is 5.66. The maximum Gasteiger partial charge on any atom is 0.0476 e. The zero-order valence-electron chi connectivity index (χ0n) is 16.0. The molecule has 2 heteroatoms. The fraction of sp³-hybridized carbons (Fsp3) is 0.500. The summed E-state index contributed by atoms with van der Waals surface area (Å²) in [4.78, 5) is 5.13. The molecule has 0 heterocycles. The fourth-order valence-corrected chi connectivity index (χ4v) is 2.95. The lowest BCUT2D eigenvalue weighted by Crippen LogP contribution is -2.09. The predicted molar refractivity (Wildman–Crippen MR) is 109 cm³/mol. The van der Waals surface area contributed by atoms with Crippen LogP contribution in [-0.2, 0) is 0 Å². The van der Waals surface area contributed by atoms with E-state index in [0.29, 0.717) is 5.92 Å². The molecule has 0 N–H and O–H groups in total. The Bertz CT molecular complexity index is 593. The molecule has 0 amide bonds. The van der Waals surface area contributed by atoms with Crippen LogP contribution in [0.2, 0.25) is 5.02 Å². The molecule has 0 fully saturated rings. The van der Waals surface area contributed by atoms with Crippen LogP contribution in [0.25, 0.3) is 0 Å². The summed E-state index contributed by atoms with van der Waals surface area (Å²) in [5.74, 6) is 0.496. The molecule has 1 aromatic carbocycles. The largest absolute Gasteiger partial charge is 0.257 e. The Hall–Kier alpha value is -1.34. The smallest absolute Gasteiger partial charge is 0.0476 e. The first kappa shape index (κ1) is 20.7. The molecule has 0 aliphatic heterocycles. The zero-order valence-corrected chi connectivity index (χ0v) is 16.7. The lowest BCUT2D eigenvalue weighted by molar-refractivity contribution is 0.507. The van der Waals surface area contributed by atoms with Crippen LogP contribution in [0.4, 0.5) is 0 Å². The topological polar surface area (TPSA) is 12.4 Å². The van der Waals surface area contributed by atoms with Crippen molar-refractivity contribution < 1.29 is 0 Å². The minimum Gasteiger partial charge on any atom is -0.257 e. The van der Waals surface area contributed by atoms with Crippen molar-refractivity contribution in [3.8, 4) is 0 Å². The van der Waals surface area contributed by atoms with Crippen molar-refractivity contribution in [2.24, 2.45) is 10.9 Å². The Kier molecular flexibility index (Phi) is 9.07. The number of hydrogen-bond acceptors (Lipinski definition) is 1. The van der Waals surface area contributed by atoms with Gasteiger partial charge in [0.05, 0.1) is 0 Å². The maximum atomic E-state index is 6.03. The van der Waals surface area contributed by atoms with Crippen LogP contribution in [-0.4, -0.2) is 5.71 Å². The first-order valence-corrected chi connectivity index (χ1v) is 9.52. The van der Waals surface area contributed by atoms with E-state index in [4.69, 9.17) is 16.6 Å². The molecule has 0 radical (unpaired) electrons. The van der Waals surface area contributed by atoms with Gasteiger partial charge in [-0.2, -0.15) is 0 Å². The van der Waals surface area contributed by atoms with Gasteiger partial charge >= 0.3 is 0 Å². The third-order valence-corrected chi connectivity index (χ3v) is 4.83. The molecule has 0 spiro atoms. The van der Waals surface area contributed by atoms with Crippen LogP contribution in [0, 0.1) is 5.92 Å². The Balaban J connectivity index is 3.33. The number of aliphatic imine (C=N–C) groups is 1. The predicted octanol–water partition coefficient (Wildman–Crippen LogP) is 7.61. The van der Waals surface area contributed by atoms with Crippen LogP contribution in [0.5, 0.6) is 0 Å². The highest BCUT2D eigenvalue weighted by Gasteiger charge is 2.16. The number of unbranched alkanes of at least 4 members (excludes halogenated alkanes) is 1. The number of rotatable bonds is 9. The van der Waals surface area contributed by atoms with E-state index in [1.165, 1.54) is 30.5 Å². The van der Waals surface area contributed by atoms with Crippen molar-refractivity contribution in [3.63, 3.8) is 0 Å².